The van der Waals surface area contributed by atoms with Crippen molar-refractivity contribution in [3.8, 4) is 0 Å². The molecular weight excluding hydrogens is 248 g/mol. The smallest absolute Gasteiger partial charge is 0.248 e. The number of nitrogens with one attached hydrogen (secondary N) is 1. The number of hydrogen-bond acceptors (Lipinski definition) is 2. The standard InChI is InChI=1S/C17H20N2O/c1-2-14-7-3-4-8-16(14)12-19-11-13-6-5-9-15(10-13)17(18)20/h3-10,19H,2,11-12H2,1H3,(H2,18,20). The molecule has 0 saturated heterocycles. The summed E-state index contributed by atoms with van der Waals surface area (Å²) in [7, 11) is 0. The van der Waals surface area contributed by atoms with E-state index in [0.29, 0.717) is 5.56 Å². The lowest BCUT2D eigenvalue weighted by molar-refractivity contribution is 0.1000. The van der Waals surface area contributed by atoms with E-state index in [1.165, 1.54) is 11.1 Å². The fraction of sp³-hybridized carbons (Fsp3) is 0.235. The Kier molecular flexibility index (Phi) is 4.91. The lowest BCUT2D eigenvalue weighted by atomic mass is 10.1. The van der Waals surface area contributed by atoms with Gasteiger partial charge in [-0.2, -0.15) is 0 Å². The molecule has 3 heteroatoms. The molecule has 3 nitrogen and oxygen atoms in total. The van der Waals surface area contributed by atoms with Gasteiger partial charge in [-0.1, -0.05) is 43.3 Å². The Hall–Kier alpha value is -2.13. The van der Waals surface area contributed by atoms with Crippen molar-refractivity contribution in [2.75, 3.05) is 0 Å². The maximum Gasteiger partial charge on any atom is 0.248 e. The van der Waals surface area contributed by atoms with E-state index in [9.17, 15) is 4.79 Å². The molecule has 20 heavy (non-hydrogen) atoms. The monoisotopic (exact) mass is 268 g/mol. The highest BCUT2D eigenvalue weighted by atomic mass is 16.1. The largest absolute Gasteiger partial charge is 0.366 e. The zero-order valence-corrected chi connectivity index (χ0v) is 11.7. The Morgan fingerprint density at radius 3 is 2.50 bits per heavy atom. The summed E-state index contributed by atoms with van der Waals surface area (Å²) in [6.45, 7) is 3.71. The molecule has 0 spiro atoms. The van der Waals surface area contributed by atoms with Gasteiger partial charge in [-0.25, -0.2) is 0 Å². The number of benzene rings is 2. The van der Waals surface area contributed by atoms with Gasteiger partial charge in [0, 0.05) is 18.7 Å². The summed E-state index contributed by atoms with van der Waals surface area (Å²) in [4.78, 5) is 11.1. The van der Waals surface area contributed by atoms with Gasteiger partial charge in [0.05, 0.1) is 0 Å². The lowest BCUT2D eigenvalue weighted by Crippen LogP contribution is -2.15. The van der Waals surface area contributed by atoms with Gasteiger partial charge in [0.15, 0.2) is 0 Å². The number of nitrogens with two attached hydrogens (primary N) is 1. The van der Waals surface area contributed by atoms with Crippen molar-refractivity contribution in [3.63, 3.8) is 0 Å². The Morgan fingerprint density at radius 1 is 1.05 bits per heavy atom. The molecule has 0 radical (unpaired) electrons. The van der Waals surface area contributed by atoms with Crippen LogP contribution in [0, 0.1) is 0 Å². The van der Waals surface area contributed by atoms with Gasteiger partial charge in [-0.15, -0.1) is 0 Å². The van der Waals surface area contributed by atoms with Crippen LogP contribution in [0.5, 0.6) is 0 Å². The fourth-order valence-corrected chi connectivity index (χ4v) is 2.25. The highest BCUT2D eigenvalue weighted by Gasteiger charge is 2.02. The van der Waals surface area contributed by atoms with Crippen LogP contribution in [-0.2, 0) is 19.5 Å². The Balaban J connectivity index is 1.96. The van der Waals surface area contributed by atoms with Crippen molar-refractivity contribution in [1.82, 2.24) is 5.32 Å². The van der Waals surface area contributed by atoms with Crippen LogP contribution in [0.1, 0.15) is 34.0 Å². The van der Waals surface area contributed by atoms with E-state index in [4.69, 9.17) is 5.73 Å². The van der Waals surface area contributed by atoms with Crippen LogP contribution in [0.15, 0.2) is 48.5 Å². The normalized spacial score (nSPS) is 10.4. The average Bonchev–Trinajstić information content (AvgIpc) is 2.48. The van der Waals surface area contributed by atoms with Crippen molar-refractivity contribution in [1.29, 1.82) is 0 Å². The lowest BCUT2D eigenvalue weighted by Gasteiger charge is -2.09. The summed E-state index contributed by atoms with van der Waals surface area (Å²) in [5.41, 5.74) is 9.59. The van der Waals surface area contributed by atoms with Crippen LogP contribution < -0.4 is 11.1 Å². The van der Waals surface area contributed by atoms with Gasteiger partial charge < -0.3 is 11.1 Å². The van der Waals surface area contributed by atoms with Gasteiger partial charge in [0.1, 0.15) is 0 Å². The minimum absolute atomic E-state index is 0.386. The minimum atomic E-state index is -0.386. The Bertz CT molecular complexity index is 593. The van der Waals surface area contributed by atoms with Gasteiger partial charge in [-0.05, 0) is 35.2 Å². The summed E-state index contributed by atoms with van der Waals surface area (Å²) in [5.74, 6) is -0.386. The topological polar surface area (TPSA) is 55.1 Å². The van der Waals surface area contributed by atoms with Gasteiger partial charge in [0.25, 0.3) is 0 Å². The van der Waals surface area contributed by atoms with Crippen LogP contribution >= 0.6 is 0 Å². The third kappa shape index (κ3) is 3.68. The van der Waals surface area contributed by atoms with Gasteiger partial charge in [-0.3, -0.25) is 4.79 Å². The first-order valence-electron chi connectivity index (χ1n) is 6.87. The zero-order chi connectivity index (χ0) is 14.4. The van der Waals surface area contributed by atoms with E-state index < -0.39 is 0 Å². The number of aryl methyl sites for hydroxylation is 1. The quantitative estimate of drug-likeness (QED) is 0.846. The molecule has 0 aromatic heterocycles. The predicted octanol–water partition coefficient (Wildman–Crippen LogP) is 2.64. The first-order chi connectivity index (χ1) is 9.70. The van der Waals surface area contributed by atoms with Crippen LogP contribution in [0.3, 0.4) is 0 Å². The van der Waals surface area contributed by atoms with Crippen molar-refractivity contribution >= 4 is 5.91 Å². The summed E-state index contributed by atoms with van der Waals surface area (Å²) in [5, 5.41) is 3.41. The maximum absolute atomic E-state index is 11.1. The molecule has 0 aliphatic carbocycles. The Labute approximate surface area is 119 Å². The molecular formula is C17H20N2O. The predicted molar refractivity (Wildman–Crippen MR) is 81.3 cm³/mol. The SMILES string of the molecule is CCc1ccccc1CNCc1cccc(C(N)=O)c1. The average molecular weight is 268 g/mol. The molecule has 0 atom stereocenters. The highest BCUT2D eigenvalue weighted by Crippen LogP contribution is 2.10. The van der Waals surface area contributed by atoms with Gasteiger partial charge in [0.2, 0.25) is 5.91 Å². The second-order valence-corrected chi connectivity index (χ2v) is 4.79. The summed E-state index contributed by atoms with van der Waals surface area (Å²) in [6.07, 6.45) is 1.04. The van der Waals surface area contributed by atoms with Crippen molar-refractivity contribution in [2.24, 2.45) is 5.73 Å². The third-order valence-corrected chi connectivity index (χ3v) is 3.36. The van der Waals surface area contributed by atoms with Crippen LogP contribution in [0.25, 0.3) is 0 Å². The summed E-state index contributed by atoms with van der Waals surface area (Å²) < 4.78 is 0. The van der Waals surface area contributed by atoms with Crippen LogP contribution in [0.2, 0.25) is 0 Å². The number of rotatable bonds is 6. The first-order valence-corrected chi connectivity index (χ1v) is 6.87. The van der Waals surface area contributed by atoms with E-state index in [0.717, 1.165) is 25.1 Å². The molecule has 2 rings (SSSR count). The number of carbonyl (C=O) groups excluding carboxylic acids is 1. The molecule has 1 amide bonds. The van der Waals surface area contributed by atoms with Crippen molar-refractivity contribution in [3.05, 3.63) is 70.8 Å². The number of carbonyl (C=O) groups is 1. The van der Waals surface area contributed by atoms with E-state index in [1.54, 1.807) is 6.07 Å². The minimum Gasteiger partial charge on any atom is -0.366 e. The molecule has 0 heterocycles. The van der Waals surface area contributed by atoms with E-state index in [2.05, 4.69) is 36.5 Å². The molecule has 0 unspecified atom stereocenters. The number of hydrogen-bond donors (Lipinski definition) is 2. The molecule has 0 aliphatic heterocycles. The van der Waals surface area contributed by atoms with Crippen LogP contribution in [-0.4, -0.2) is 5.91 Å². The number of primary amides is 1. The van der Waals surface area contributed by atoms with Crippen molar-refractivity contribution < 1.29 is 4.79 Å². The molecule has 0 saturated carbocycles. The molecule has 0 bridgehead atoms. The molecule has 2 aromatic rings. The zero-order valence-electron chi connectivity index (χ0n) is 11.7. The molecule has 3 N–H and O–H groups in total. The molecule has 0 aliphatic rings. The van der Waals surface area contributed by atoms with Crippen molar-refractivity contribution in [2.45, 2.75) is 26.4 Å². The van der Waals surface area contributed by atoms with E-state index in [-0.39, 0.29) is 5.91 Å². The number of amides is 1. The van der Waals surface area contributed by atoms with Crippen LogP contribution in [0.4, 0.5) is 0 Å². The Morgan fingerprint density at radius 2 is 1.80 bits per heavy atom. The molecule has 104 valence electrons. The summed E-state index contributed by atoms with van der Waals surface area (Å²) in [6, 6.07) is 15.8. The molecule has 0 fully saturated rings. The third-order valence-electron chi connectivity index (χ3n) is 3.36. The fourth-order valence-electron chi connectivity index (χ4n) is 2.25. The summed E-state index contributed by atoms with van der Waals surface area (Å²) >= 11 is 0. The van der Waals surface area contributed by atoms with E-state index in [1.807, 2.05) is 18.2 Å². The second kappa shape index (κ2) is 6.87. The molecule has 2 aromatic carbocycles. The highest BCUT2D eigenvalue weighted by molar-refractivity contribution is 5.92. The van der Waals surface area contributed by atoms with Gasteiger partial charge >= 0.3 is 0 Å². The second-order valence-electron chi connectivity index (χ2n) is 4.79. The first kappa shape index (κ1) is 14.3. The maximum atomic E-state index is 11.1. The van der Waals surface area contributed by atoms with E-state index >= 15 is 0 Å².